The molecule has 0 aliphatic carbocycles. The molecule has 38 heavy (non-hydrogen) atoms. The number of ether oxygens (including phenoxy) is 5. The lowest BCUT2D eigenvalue weighted by Gasteiger charge is -2.31. The fourth-order valence-corrected chi connectivity index (χ4v) is 5.23. The number of carbonyl (C=O) groups is 1. The molecule has 0 radical (unpaired) electrons. The first-order valence-corrected chi connectivity index (χ1v) is 13.2. The minimum Gasteiger partial charge on any atom is -0.497 e. The molecular weight excluding hydrogens is 525 g/mol. The Morgan fingerprint density at radius 3 is 1.79 bits per heavy atom. The minimum atomic E-state index is -1.91. The van der Waals surface area contributed by atoms with E-state index < -0.39 is 20.1 Å². The molecule has 0 aliphatic rings. The van der Waals surface area contributed by atoms with Crippen LogP contribution in [0.2, 0.25) is 0 Å². The van der Waals surface area contributed by atoms with E-state index >= 15 is 0 Å². The maximum atomic E-state index is 13.0. The molecule has 4 aromatic carbocycles. The average Bonchev–Trinajstić information content (AvgIpc) is 2.97. The summed E-state index contributed by atoms with van der Waals surface area (Å²) < 4.78 is 42.5. The van der Waals surface area contributed by atoms with Crippen LogP contribution in [0.1, 0.15) is 0 Å². The summed E-state index contributed by atoms with van der Waals surface area (Å²) >= 11 is 1.17. The van der Waals surface area contributed by atoms with Gasteiger partial charge in [-0.05, 0) is 83.4 Å². The maximum Gasteiger partial charge on any atom is 0.535 e. The van der Waals surface area contributed by atoms with Gasteiger partial charge >= 0.3 is 20.1 Å². The summed E-state index contributed by atoms with van der Waals surface area (Å²) in [6.07, 6.45) is 0. The van der Waals surface area contributed by atoms with Gasteiger partial charge in [-0.15, -0.1) is 4.31 Å². The predicted octanol–water partition coefficient (Wildman–Crippen LogP) is 6.13. The Labute approximate surface area is 226 Å². The van der Waals surface area contributed by atoms with Crippen LogP contribution >= 0.6 is 20.4 Å². The van der Waals surface area contributed by atoms with E-state index in [1.54, 1.807) is 62.8 Å². The van der Waals surface area contributed by atoms with E-state index in [2.05, 4.69) is 0 Å². The van der Waals surface area contributed by atoms with Crippen LogP contribution in [0.5, 0.6) is 23.0 Å². The number of rotatable bonds is 12. The van der Waals surface area contributed by atoms with Crippen molar-refractivity contribution in [2.45, 2.75) is 10.5 Å². The van der Waals surface area contributed by atoms with Crippen molar-refractivity contribution in [1.82, 2.24) is 4.31 Å². The zero-order valence-electron chi connectivity index (χ0n) is 21.1. The maximum absolute atomic E-state index is 13.0. The molecule has 0 aliphatic heterocycles. The largest absolute Gasteiger partial charge is 0.535 e. The fraction of sp³-hybridized carbons (Fsp3) is 0.179. The molecule has 0 bridgehead atoms. The molecule has 0 amide bonds. The number of carbonyl (C=O) groups excluding carboxylic acids is 1. The molecule has 4 rings (SSSR count). The summed E-state index contributed by atoms with van der Waals surface area (Å²) in [4.78, 5) is 13.3. The molecule has 1 atom stereocenters. The molecule has 8 nitrogen and oxygen atoms in total. The molecule has 0 heterocycles. The van der Waals surface area contributed by atoms with E-state index in [1.807, 2.05) is 42.5 Å². The summed E-state index contributed by atoms with van der Waals surface area (Å²) in [5.41, 5.74) is -1.91. The first-order chi connectivity index (χ1) is 18.5. The van der Waals surface area contributed by atoms with Crippen molar-refractivity contribution in [3.8, 4) is 23.0 Å². The SMILES string of the molecule is COC(=O)CN(Sc1ccc2ccccc2c1)C(Oc1ccc(OC)cc1)(Oc1ccc(OC)cc1)[PH+]=O. The number of hydrogen-bond donors (Lipinski definition) is 0. The van der Waals surface area contributed by atoms with Crippen molar-refractivity contribution in [3.05, 3.63) is 91.0 Å². The molecule has 0 saturated carbocycles. The summed E-state index contributed by atoms with van der Waals surface area (Å²) in [6.45, 7) is -0.282. The van der Waals surface area contributed by atoms with E-state index in [4.69, 9.17) is 23.7 Å². The van der Waals surface area contributed by atoms with Crippen molar-refractivity contribution >= 4 is 37.1 Å². The topological polar surface area (TPSA) is 83.5 Å². The summed E-state index contributed by atoms with van der Waals surface area (Å²) in [7, 11) is 3.23. The number of hydrogen-bond acceptors (Lipinski definition) is 9. The van der Waals surface area contributed by atoms with Gasteiger partial charge in [0, 0.05) is 4.90 Å². The summed E-state index contributed by atoms with van der Waals surface area (Å²) in [5, 5.41) is 2.08. The van der Waals surface area contributed by atoms with Gasteiger partial charge in [0.05, 0.1) is 21.3 Å². The molecule has 0 aromatic heterocycles. The molecule has 0 fully saturated rings. The van der Waals surface area contributed by atoms with Crippen LogP contribution in [-0.4, -0.2) is 43.8 Å². The van der Waals surface area contributed by atoms with Gasteiger partial charge in [-0.2, -0.15) is 0 Å². The third kappa shape index (κ3) is 6.55. The van der Waals surface area contributed by atoms with Crippen LogP contribution in [0.15, 0.2) is 95.9 Å². The molecule has 1 unspecified atom stereocenters. The van der Waals surface area contributed by atoms with Gasteiger partial charge in [0.15, 0.2) is 0 Å². The fourth-order valence-electron chi connectivity index (χ4n) is 3.55. The first-order valence-electron chi connectivity index (χ1n) is 11.6. The zero-order valence-corrected chi connectivity index (χ0v) is 22.9. The monoisotopic (exact) mass is 552 g/mol. The van der Waals surface area contributed by atoms with Gasteiger partial charge in [-0.25, -0.2) is 0 Å². The first kappa shape index (κ1) is 27.3. The van der Waals surface area contributed by atoms with E-state index in [-0.39, 0.29) is 6.54 Å². The average molecular weight is 553 g/mol. The van der Waals surface area contributed by atoms with Crippen molar-refractivity contribution in [2.75, 3.05) is 27.9 Å². The quantitative estimate of drug-likeness (QED) is 0.0892. The Kier molecular flexibility index (Phi) is 9.07. The van der Waals surface area contributed by atoms with E-state index in [1.165, 1.54) is 23.4 Å². The van der Waals surface area contributed by atoms with E-state index in [0.717, 1.165) is 15.7 Å². The smallest absolute Gasteiger partial charge is 0.497 e. The highest BCUT2D eigenvalue weighted by molar-refractivity contribution is 7.97. The lowest BCUT2D eigenvalue weighted by molar-refractivity contribution is -0.151. The minimum absolute atomic E-state index is 0.282. The van der Waals surface area contributed by atoms with Crippen LogP contribution in [0.4, 0.5) is 0 Å². The highest BCUT2D eigenvalue weighted by Gasteiger charge is 2.54. The number of esters is 1. The third-order valence-electron chi connectivity index (χ3n) is 5.53. The molecule has 0 N–H and O–H groups in total. The highest BCUT2D eigenvalue weighted by atomic mass is 32.2. The molecule has 4 aromatic rings. The van der Waals surface area contributed by atoms with Crippen molar-refractivity contribution in [3.63, 3.8) is 0 Å². The second kappa shape index (κ2) is 12.6. The molecule has 196 valence electrons. The highest BCUT2D eigenvalue weighted by Crippen LogP contribution is 2.41. The second-order valence-electron chi connectivity index (χ2n) is 7.95. The third-order valence-corrected chi connectivity index (χ3v) is 7.47. The van der Waals surface area contributed by atoms with Gasteiger partial charge < -0.3 is 23.7 Å². The number of nitrogens with zero attached hydrogens (tertiary/aromatic N) is 1. The number of benzene rings is 4. The van der Waals surface area contributed by atoms with Crippen molar-refractivity contribution in [1.29, 1.82) is 0 Å². The second-order valence-corrected chi connectivity index (χ2v) is 9.88. The van der Waals surface area contributed by atoms with Gasteiger partial charge in [0.2, 0.25) is 0 Å². The number of fused-ring (bicyclic) bond motifs is 1. The van der Waals surface area contributed by atoms with Gasteiger partial charge in [-0.3, -0.25) is 4.79 Å². The lowest BCUT2D eigenvalue weighted by Crippen LogP contribution is -2.52. The Morgan fingerprint density at radius 1 is 0.763 bits per heavy atom. The van der Waals surface area contributed by atoms with Crippen LogP contribution in [0, 0.1) is 0 Å². The van der Waals surface area contributed by atoms with Gasteiger partial charge in [0.1, 0.15) is 29.5 Å². The standard InChI is InChI=1S/C28H26NO7PS/c1-32-22-9-13-24(14-10-22)35-28(37-31,36-25-15-11-23(33-2)12-16-25)29(19-27(30)34-3)38-26-17-8-20-6-4-5-7-21(20)18-26/h4-18H,19H2,1-3H3/p+1. The van der Waals surface area contributed by atoms with Crippen molar-refractivity contribution < 1.29 is 33.0 Å². The van der Waals surface area contributed by atoms with Crippen LogP contribution < -0.4 is 18.9 Å². The Balaban J connectivity index is 1.77. The van der Waals surface area contributed by atoms with Crippen LogP contribution in [-0.2, 0) is 14.1 Å². The van der Waals surface area contributed by atoms with Crippen LogP contribution in [0.3, 0.4) is 0 Å². The molecular formula is C28H27NO7PS+. The Morgan fingerprint density at radius 2 is 1.29 bits per heavy atom. The zero-order chi connectivity index (χ0) is 27.0. The van der Waals surface area contributed by atoms with Gasteiger partial charge in [0.25, 0.3) is 0 Å². The van der Waals surface area contributed by atoms with E-state index in [9.17, 15) is 9.36 Å². The van der Waals surface area contributed by atoms with Crippen molar-refractivity contribution in [2.24, 2.45) is 0 Å². The lowest BCUT2D eigenvalue weighted by atomic mass is 10.1. The summed E-state index contributed by atoms with van der Waals surface area (Å²) in [5.74, 6) is 1.41. The normalized spacial score (nSPS) is 11.4. The molecule has 0 spiro atoms. The van der Waals surface area contributed by atoms with Gasteiger partial charge in [-0.1, -0.05) is 34.9 Å². The Bertz CT molecular complexity index is 1330. The Hall–Kier alpha value is -3.78. The predicted molar refractivity (Wildman–Crippen MR) is 148 cm³/mol. The summed E-state index contributed by atoms with van der Waals surface area (Å²) in [6, 6.07) is 27.3. The molecule has 10 heteroatoms. The van der Waals surface area contributed by atoms with Crippen LogP contribution in [0.25, 0.3) is 10.8 Å². The number of methoxy groups -OCH3 is 3. The molecule has 0 saturated heterocycles. The van der Waals surface area contributed by atoms with E-state index in [0.29, 0.717) is 23.0 Å².